The molecule has 2 aromatic rings. The molecule has 4 nitrogen and oxygen atoms in total. The zero-order valence-corrected chi connectivity index (χ0v) is 18.3. The quantitative estimate of drug-likeness (QED) is 0.772. The SMILES string of the molecule is CC1CCCN(c2ccc(C(C)NC(=O)C3(c4ccccc4)CCOCC3)cc2)C1. The minimum atomic E-state index is -0.502. The minimum Gasteiger partial charge on any atom is -0.381 e. The topological polar surface area (TPSA) is 41.6 Å². The van der Waals surface area contributed by atoms with Crippen molar-refractivity contribution in [3.05, 3.63) is 65.7 Å². The molecule has 4 heteroatoms. The smallest absolute Gasteiger partial charge is 0.231 e. The Morgan fingerprint density at radius 3 is 2.47 bits per heavy atom. The first-order valence-electron chi connectivity index (χ1n) is 11.4. The van der Waals surface area contributed by atoms with Crippen molar-refractivity contribution in [3.8, 4) is 0 Å². The molecule has 1 amide bonds. The fourth-order valence-electron chi connectivity index (χ4n) is 4.94. The van der Waals surface area contributed by atoms with Crippen molar-refractivity contribution >= 4 is 11.6 Å². The predicted molar refractivity (Wildman–Crippen MR) is 122 cm³/mol. The fourth-order valence-corrected chi connectivity index (χ4v) is 4.94. The summed E-state index contributed by atoms with van der Waals surface area (Å²) in [4.78, 5) is 16.0. The number of hydrogen-bond acceptors (Lipinski definition) is 3. The standard InChI is InChI=1S/C26H34N2O2/c1-20-7-6-16-28(19-20)24-12-10-22(11-13-24)21(2)27-25(29)26(14-17-30-18-15-26)23-8-4-3-5-9-23/h3-5,8-13,20-21H,6-7,14-19H2,1-2H3,(H,27,29). The summed E-state index contributed by atoms with van der Waals surface area (Å²) in [6.07, 6.45) is 4.04. The number of anilines is 1. The second-order valence-corrected chi connectivity index (χ2v) is 9.04. The van der Waals surface area contributed by atoms with E-state index in [9.17, 15) is 4.79 Å². The van der Waals surface area contributed by atoms with Crippen LogP contribution in [0.15, 0.2) is 54.6 Å². The third-order valence-electron chi connectivity index (χ3n) is 6.87. The summed E-state index contributed by atoms with van der Waals surface area (Å²) >= 11 is 0. The summed E-state index contributed by atoms with van der Waals surface area (Å²) in [5, 5.41) is 3.30. The van der Waals surface area contributed by atoms with Gasteiger partial charge in [0.05, 0.1) is 11.5 Å². The third-order valence-corrected chi connectivity index (χ3v) is 6.87. The number of ether oxygens (including phenoxy) is 1. The first-order chi connectivity index (χ1) is 14.6. The van der Waals surface area contributed by atoms with Crippen molar-refractivity contribution in [1.29, 1.82) is 0 Å². The van der Waals surface area contributed by atoms with Gasteiger partial charge in [-0.25, -0.2) is 0 Å². The van der Waals surface area contributed by atoms with Gasteiger partial charge in [0.25, 0.3) is 0 Å². The number of benzene rings is 2. The Morgan fingerprint density at radius 1 is 1.10 bits per heavy atom. The molecular weight excluding hydrogens is 372 g/mol. The molecule has 2 aliphatic heterocycles. The summed E-state index contributed by atoms with van der Waals surface area (Å²) in [6.45, 7) is 7.93. The number of piperidine rings is 1. The number of carbonyl (C=O) groups is 1. The fraction of sp³-hybridized carbons (Fsp3) is 0.500. The highest BCUT2D eigenvalue weighted by Crippen LogP contribution is 2.36. The molecule has 1 N–H and O–H groups in total. The van der Waals surface area contributed by atoms with E-state index in [2.05, 4.69) is 60.5 Å². The number of nitrogens with zero attached hydrogens (tertiary/aromatic N) is 1. The van der Waals surface area contributed by atoms with Gasteiger partial charge in [-0.05, 0) is 61.8 Å². The molecule has 160 valence electrons. The van der Waals surface area contributed by atoms with Gasteiger partial charge in [-0.2, -0.15) is 0 Å². The van der Waals surface area contributed by atoms with Crippen LogP contribution in [-0.2, 0) is 14.9 Å². The molecule has 0 radical (unpaired) electrons. The van der Waals surface area contributed by atoms with Crippen molar-refractivity contribution in [2.45, 2.75) is 51.0 Å². The van der Waals surface area contributed by atoms with Gasteiger partial charge in [-0.3, -0.25) is 4.79 Å². The number of nitrogens with one attached hydrogen (secondary N) is 1. The van der Waals surface area contributed by atoms with E-state index in [1.807, 2.05) is 18.2 Å². The highest BCUT2D eigenvalue weighted by atomic mass is 16.5. The molecule has 2 saturated heterocycles. The summed E-state index contributed by atoms with van der Waals surface area (Å²) in [5.74, 6) is 0.865. The second kappa shape index (κ2) is 9.22. The van der Waals surface area contributed by atoms with Crippen LogP contribution < -0.4 is 10.2 Å². The van der Waals surface area contributed by atoms with Gasteiger partial charge in [-0.15, -0.1) is 0 Å². The molecule has 0 spiro atoms. The Kier molecular flexibility index (Phi) is 6.43. The van der Waals surface area contributed by atoms with Crippen molar-refractivity contribution in [2.24, 2.45) is 5.92 Å². The summed E-state index contributed by atoms with van der Waals surface area (Å²) in [6, 6.07) is 18.9. The lowest BCUT2D eigenvalue weighted by Crippen LogP contribution is -2.48. The van der Waals surface area contributed by atoms with Gasteiger partial charge in [0.15, 0.2) is 0 Å². The van der Waals surface area contributed by atoms with Crippen LogP contribution >= 0.6 is 0 Å². The summed E-state index contributed by atoms with van der Waals surface area (Å²) in [5.41, 5.74) is 3.02. The van der Waals surface area contributed by atoms with E-state index in [-0.39, 0.29) is 11.9 Å². The number of hydrogen-bond donors (Lipinski definition) is 1. The molecule has 2 heterocycles. The van der Waals surface area contributed by atoms with Crippen LogP contribution in [0.3, 0.4) is 0 Å². The highest BCUT2D eigenvalue weighted by molar-refractivity contribution is 5.88. The molecule has 2 atom stereocenters. The first-order valence-corrected chi connectivity index (χ1v) is 11.4. The van der Waals surface area contributed by atoms with Gasteiger partial charge in [0.2, 0.25) is 5.91 Å². The van der Waals surface area contributed by atoms with Gasteiger partial charge in [-0.1, -0.05) is 49.4 Å². The van der Waals surface area contributed by atoms with Crippen LogP contribution in [0.25, 0.3) is 0 Å². The Hall–Kier alpha value is -2.33. The summed E-state index contributed by atoms with van der Waals surface area (Å²) in [7, 11) is 0. The van der Waals surface area contributed by atoms with Gasteiger partial charge >= 0.3 is 0 Å². The van der Waals surface area contributed by atoms with Gasteiger partial charge in [0.1, 0.15) is 0 Å². The average Bonchev–Trinajstić information content (AvgIpc) is 2.80. The van der Waals surface area contributed by atoms with Gasteiger partial charge in [0, 0.05) is 32.0 Å². The van der Waals surface area contributed by atoms with E-state index in [0.717, 1.165) is 43.0 Å². The zero-order chi connectivity index (χ0) is 21.0. The van der Waals surface area contributed by atoms with Gasteiger partial charge < -0.3 is 15.0 Å². The largest absolute Gasteiger partial charge is 0.381 e. The van der Waals surface area contributed by atoms with E-state index in [0.29, 0.717) is 13.2 Å². The molecule has 30 heavy (non-hydrogen) atoms. The molecule has 2 aliphatic rings. The van der Waals surface area contributed by atoms with Crippen LogP contribution in [-0.4, -0.2) is 32.2 Å². The van der Waals surface area contributed by atoms with Crippen molar-refractivity contribution in [2.75, 3.05) is 31.2 Å². The lowest BCUT2D eigenvalue weighted by atomic mass is 9.73. The summed E-state index contributed by atoms with van der Waals surface area (Å²) < 4.78 is 5.58. The lowest BCUT2D eigenvalue weighted by molar-refractivity contribution is -0.131. The number of carbonyl (C=O) groups excluding carboxylic acids is 1. The molecular formula is C26H34N2O2. The van der Waals surface area contributed by atoms with E-state index in [1.165, 1.54) is 18.5 Å². The maximum Gasteiger partial charge on any atom is 0.231 e. The van der Waals surface area contributed by atoms with E-state index < -0.39 is 5.41 Å². The van der Waals surface area contributed by atoms with E-state index >= 15 is 0 Å². The predicted octanol–water partition coefficient (Wildman–Crippen LogP) is 4.85. The normalized spacial score (nSPS) is 22.3. The molecule has 0 aromatic heterocycles. The molecule has 2 aromatic carbocycles. The Bertz CT molecular complexity index is 828. The maximum absolute atomic E-state index is 13.5. The Labute approximate surface area is 180 Å². The van der Waals surface area contributed by atoms with Crippen LogP contribution in [0.2, 0.25) is 0 Å². The second-order valence-electron chi connectivity index (χ2n) is 9.04. The van der Waals surface area contributed by atoms with Crippen molar-refractivity contribution in [1.82, 2.24) is 5.32 Å². The zero-order valence-electron chi connectivity index (χ0n) is 18.3. The first kappa shape index (κ1) is 20.9. The van der Waals surface area contributed by atoms with Crippen LogP contribution in [0.5, 0.6) is 0 Å². The average molecular weight is 407 g/mol. The number of rotatable bonds is 5. The number of amides is 1. The molecule has 4 rings (SSSR count). The van der Waals surface area contributed by atoms with Crippen LogP contribution in [0.4, 0.5) is 5.69 Å². The van der Waals surface area contributed by atoms with Crippen LogP contribution in [0, 0.1) is 5.92 Å². The molecule has 0 saturated carbocycles. The van der Waals surface area contributed by atoms with E-state index in [1.54, 1.807) is 0 Å². The third kappa shape index (κ3) is 4.39. The lowest BCUT2D eigenvalue weighted by Gasteiger charge is -2.37. The van der Waals surface area contributed by atoms with E-state index in [4.69, 9.17) is 4.74 Å². The monoisotopic (exact) mass is 406 g/mol. The van der Waals surface area contributed by atoms with Crippen LogP contribution in [0.1, 0.15) is 56.7 Å². The van der Waals surface area contributed by atoms with Crippen molar-refractivity contribution in [3.63, 3.8) is 0 Å². The molecule has 0 aliphatic carbocycles. The Morgan fingerprint density at radius 2 is 1.80 bits per heavy atom. The highest BCUT2D eigenvalue weighted by Gasteiger charge is 2.42. The molecule has 2 unspecified atom stereocenters. The maximum atomic E-state index is 13.5. The Balaban J connectivity index is 1.47. The van der Waals surface area contributed by atoms with Crippen molar-refractivity contribution < 1.29 is 9.53 Å². The minimum absolute atomic E-state index is 0.0322. The molecule has 0 bridgehead atoms. The molecule has 2 fully saturated rings.